The van der Waals surface area contributed by atoms with Crippen molar-refractivity contribution < 1.29 is 18.7 Å². The Labute approximate surface area is 165 Å². The predicted octanol–water partition coefficient (Wildman–Crippen LogP) is 4.62. The summed E-state index contributed by atoms with van der Waals surface area (Å²) in [7, 11) is 0. The monoisotopic (exact) mass is 449 g/mol. The smallest absolute Gasteiger partial charge is 0.409 e. The highest BCUT2D eigenvalue weighted by Crippen LogP contribution is 2.29. The molecule has 1 aromatic carbocycles. The van der Waals surface area contributed by atoms with Gasteiger partial charge in [0.15, 0.2) is 0 Å². The molecule has 26 heavy (non-hydrogen) atoms. The van der Waals surface area contributed by atoms with E-state index >= 15 is 0 Å². The van der Waals surface area contributed by atoms with E-state index < -0.39 is 11.8 Å². The summed E-state index contributed by atoms with van der Waals surface area (Å²) in [4.78, 5) is 25.7. The molecule has 6 nitrogen and oxygen atoms in total. The largest absolute Gasteiger partial charge is 0.449 e. The van der Waals surface area contributed by atoms with Crippen LogP contribution >= 0.6 is 27.5 Å². The number of carbonyl (C=O) groups is 2. The third kappa shape index (κ3) is 6.02. The third-order valence-electron chi connectivity index (χ3n) is 3.87. The number of rotatable bonds is 4. The zero-order chi connectivity index (χ0) is 19.3. The van der Waals surface area contributed by atoms with E-state index in [0.717, 1.165) is 6.07 Å². The molecule has 1 aliphatic rings. The first-order chi connectivity index (χ1) is 12.3. The van der Waals surface area contributed by atoms with Crippen molar-refractivity contribution >= 4 is 45.3 Å². The molecule has 0 saturated carbocycles. The van der Waals surface area contributed by atoms with Crippen LogP contribution in [0.25, 0.3) is 0 Å². The van der Waals surface area contributed by atoms with Gasteiger partial charge in [-0.2, -0.15) is 0 Å². The zero-order valence-corrected chi connectivity index (χ0v) is 17.0. The van der Waals surface area contributed by atoms with Crippen molar-refractivity contribution in [3.63, 3.8) is 0 Å². The number of likely N-dealkylation sites (tertiary alicyclic amines) is 1. The molecule has 2 rings (SSSR count). The van der Waals surface area contributed by atoms with Gasteiger partial charge in [0.05, 0.1) is 12.3 Å². The summed E-state index contributed by atoms with van der Waals surface area (Å²) in [6.07, 6.45) is 0.886. The molecule has 1 aliphatic heterocycles. The number of carbonyl (C=O) groups excluding carboxylic acids is 2. The van der Waals surface area contributed by atoms with Gasteiger partial charge in [-0.25, -0.2) is 14.0 Å². The molecule has 9 heteroatoms. The van der Waals surface area contributed by atoms with Gasteiger partial charge >= 0.3 is 12.1 Å². The molecule has 3 amide bonds. The summed E-state index contributed by atoms with van der Waals surface area (Å²) in [6, 6.07) is 2.02. The number of urea groups is 1. The minimum atomic E-state index is -0.623. The SMILES string of the molecule is CC(C)COC(=O)N1CCC(NC(=O)Nc2c(F)cc(Cl)cc2Br)CC1. The summed E-state index contributed by atoms with van der Waals surface area (Å²) in [5, 5.41) is 5.51. The fraction of sp³-hybridized carbons (Fsp3) is 0.529. The van der Waals surface area contributed by atoms with Crippen molar-refractivity contribution in [2.75, 3.05) is 25.0 Å². The van der Waals surface area contributed by atoms with Crippen LogP contribution in [0.1, 0.15) is 26.7 Å². The van der Waals surface area contributed by atoms with Crippen molar-refractivity contribution in [3.8, 4) is 0 Å². The lowest BCUT2D eigenvalue weighted by Crippen LogP contribution is -2.47. The van der Waals surface area contributed by atoms with E-state index in [9.17, 15) is 14.0 Å². The van der Waals surface area contributed by atoms with Crippen molar-refractivity contribution in [3.05, 3.63) is 27.4 Å². The maximum atomic E-state index is 13.9. The molecule has 1 saturated heterocycles. The van der Waals surface area contributed by atoms with Crippen LogP contribution in [0.5, 0.6) is 0 Å². The number of piperidine rings is 1. The minimum absolute atomic E-state index is 0.0293. The van der Waals surface area contributed by atoms with Gasteiger partial charge in [-0.3, -0.25) is 0 Å². The van der Waals surface area contributed by atoms with Gasteiger partial charge in [-0.05, 0) is 46.8 Å². The van der Waals surface area contributed by atoms with E-state index in [0.29, 0.717) is 37.0 Å². The van der Waals surface area contributed by atoms with E-state index in [1.165, 1.54) is 6.07 Å². The molecule has 2 N–H and O–H groups in total. The first kappa shape index (κ1) is 20.8. The number of nitrogens with zero attached hydrogens (tertiary/aromatic N) is 1. The van der Waals surface area contributed by atoms with Crippen molar-refractivity contribution in [1.29, 1.82) is 0 Å². The zero-order valence-electron chi connectivity index (χ0n) is 14.7. The molecule has 1 heterocycles. The first-order valence-corrected chi connectivity index (χ1v) is 9.57. The fourth-order valence-electron chi connectivity index (χ4n) is 2.53. The van der Waals surface area contributed by atoms with Gasteiger partial charge in [0.2, 0.25) is 0 Å². The molecular formula is C17H22BrClFN3O3. The predicted molar refractivity (Wildman–Crippen MR) is 102 cm³/mol. The average Bonchev–Trinajstić information content (AvgIpc) is 2.56. The highest BCUT2D eigenvalue weighted by Gasteiger charge is 2.25. The van der Waals surface area contributed by atoms with E-state index in [4.69, 9.17) is 16.3 Å². The number of amides is 3. The Hall–Kier alpha value is -1.54. The number of hydrogen-bond acceptors (Lipinski definition) is 3. The summed E-state index contributed by atoms with van der Waals surface area (Å²) in [6.45, 7) is 5.34. The fourth-order valence-corrected chi connectivity index (χ4v) is 3.40. The highest BCUT2D eigenvalue weighted by molar-refractivity contribution is 9.10. The maximum Gasteiger partial charge on any atom is 0.409 e. The van der Waals surface area contributed by atoms with Crippen molar-refractivity contribution in [2.45, 2.75) is 32.7 Å². The Morgan fingerprint density at radius 3 is 2.62 bits per heavy atom. The number of halogens is 3. The molecule has 0 aromatic heterocycles. The molecule has 0 unspecified atom stereocenters. The molecule has 1 fully saturated rings. The Kier molecular flexibility index (Phi) is 7.52. The van der Waals surface area contributed by atoms with Crippen LogP contribution in [0.15, 0.2) is 16.6 Å². The second-order valence-corrected chi connectivity index (χ2v) is 7.87. The lowest BCUT2D eigenvalue weighted by Gasteiger charge is -2.31. The lowest BCUT2D eigenvalue weighted by atomic mass is 10.1. The number of benzene rings is 1. The Morgan fingerprint density at radius 2 is 2.04 bits per heavy atom. The molecule has 144 valence electrons. The van der Waals surface area contributed by atoms with Gasteiger partial charge in [0.1, 0.15) is 5.82 Å². The van der Waals surface area contributed by atoms with Crippen LogP contribution in [0.4, 0.5) is 19.7 Å². The van der Waals surface area contributed by atoms with Crippen LogP contribution < -0.4 is 10.6 Å². The van der Waals surface area contributed by atoms with Gasteiger partial charge in [-0.1, -0.05) is 25.4 Å². The second-order valence-electron chi connectivity index (χ2n) is 6.57. The maximum absolute atomic E-state index is 13.9. The summed E-state index contributed by atoms with van der Waals surface area (Å²) < 4.78 is 19.5. The number of ether oxygens (including phenoxy) is 1. The van der Waals surface area contributed by atoms with E-state index in [-0.39, 0.29) is 28.8 Å². The molecule has 0 bridgehead atoms. The molecule has 0 aliphatic carbocycles. The van der Waals surface area contributed by atoms with Crippen molar-refractivity contribution in [2.24, 2.45) is 5.92 Å². The average molecular weight is 451 g/mol. The van der Waals surface area contributed by atoms with Gasteiger partial charge in [0, 0.05) is 28.6 Å². The van der Waals surface area contributed by atoms with Crippen LogP contribution in [-0.4, -0.2) is 42.8 Å². The van der Waals surface area contributed by atoms with Crippen molar-refractivity contribution in [1.82, 2.24) is 10.2 Å². The van der Waals surface area contributed by atoms with Crippen LogP contribution in [0.2, 0.25) is 5.02 Å². The number of anilines is 1. The highest BCUT2D eigenvalue weighted by atomic mass is 79.9. The summed E-state index contributed by atoms with van der Waals surface area (Å²) >= 11 is 8.93. The van der Waals surface area contributed by atoms with E-state index in [2.05, 4.69) is 26.6 Å². The van der Waals surface area contributed by atoms with Crippen LogP contribution in [0.3, 0.4) is 0 Å². The number of hydrogen-bond donors (Lipinski definition) is 2. The third-order valence-corrected chi connectivity index (χ3v) is 4.72. The standard InChI is InChI=1S/C17H22BrClFN3O3/c1-10(2)9-26-17(25)23-5-3-12(4-6-23)21-16(24)22-15-13(18)7-11(19)8-14(15)20/h7-8,10,12H,3-6,9H2,1-2H3,(H2,21,22,24). The molecule has 1 aromatic rings. The van der Waals surface area contributed by atoms with Gasteiger partial charge < -0.3 is 20.3 Å². The first-order valence-electron chi connectivity index (χ1n) is 8.40. The quantitative estimate of drug-likeness (QED) is 0.703. The second kappa shape index (κ2) is 9.41. The summed E-state index contributed by atoms with van der Waals surface area (Å²) in [5.41, 5.74) is 0.0293. The van der Waals surface area contributed by atoms with Gasteiger partial charge in [-0.15, -0.1) is 0 Å². The Bertz CT molecular complexity index is 644. The normalized spacial score (nSPS) is 15.1. The summed E-state index contributed by atoms with van der Waals surface area (Å²) in [5.74, 6) is -0.336. The van der Waals surface area contributed by atoms with E-state index in [1.54, 1.807) is 4.90 Å². The molecule has 0 atom stereocenters. The van der Waals surface area contributed by atoms with E-state index in [1.807, 2.05) is 13.8 Å². The topological polar surface area (TPSA) is 70.7 Å². The minimum Gasteiger partial charge on any atom is -0.449 e. The van der Waals surface area contributed by atoms with Gasteiger partial charge in [0.25, 0.3) is 0 Å². The number of nitrogens with one attached hydrogen (secondary N) is 2. The molecular weight excluding hydrogens is 429 g/mol. The van der Waals surface area contributed by atoms with Crippen LogP contribution in [0, 0.1) is 11.7 Å². The van der Waals surface area contributed by atoms with Crippen LogP contribution in [-0.2, 0) is 4.74 Å². The molecule has 0 radical (unpaired) electrons. The Morgan fingerprint density at radius 1 is 1.38 bits per heavy atom. The Balaban J connectivity index is 1.80. The lowest BCUT2D eigenvalue weighted by molar-refractivity contribution is 0.0825. The molecule has 0 spiro atoms.